The van der Waals surface area contributed by atoms with Crippen molar-refractivity contribution in [2.75, 3.05) is 0 Å². The van der Waals surface area contributed by atoms with E-state index in [0.717, 1.165) is 6.42 Å². The van der Waals surface area contributed by atoms with E-state index in [0.29, 0.717) is 6.42 Å². The second-order valence-electron chi connectivity index (χ2n) is 3.68. The van der Waals surface area contributed by atoms with E-state index in [1.807, 2.05) is 19.9 Å². The Morgan fingerprint density at radius 1 is 1.57 bits per heavy atom. The fourth-order valence-electron chi connectivity index (χ4n) is 1.04. The molecule has 0 spiro atoms. The molecular weight excluding hydrogens is 178 g/mol. The zero-order valence-corrected chi connectivity index (χ0v) is 9.08. The van der Waals surface area contributed by atoms with Crippen LogP contribution in [0.3, 0.4) is 0 Å². The summed E-state index contributed by atoms with van der Waals surface area (Å²) in [6.07, 6.45) is 1.19. The number of nitriles is 1. The quantitative estimate of drug-likeness (QED) is 0.683. The summed E-state index contributed by atoms with van der Waals surface area (Å²) in [5.41, 5.74) is 5.72. The Bertz CT molecular complexity index is 222. The Kier molecular flexibility index (Phi) is 5.89. The number of rotatable bonds is 5. The normalized spacial score (nSPS) is 16.5. The molecule has 1 amide bonds. The first-order chi connectivity index (χ1) is 6.52. The Hall–Kier alpha value is -1.08. The highest BCUT2D eigenvalue weighted by atomic mass is 16.2. The summed E-state index contributed by atoms with van der Waals surface area (Å²) in [5, 5.41) is 11.1. The van der Waals surface area contributed by atoms with Gasteiger partial charge >= 0.3 is 0 Å². The lowest BCUT2D eigenvalue weighted by atomic mass is 9.99. The van der Waals surface area contributed by atoms with Crippen LogP contribution < -0.4 is 11.1 Å². The number of carbonyl (C=O) groups excluding carboxylic acids is 1. The van der Waals surface area contributed by atoms with Crippen molar-refractivity contribution in [1.29, 1.82) is 5.26 Å². The van der Waals surface area contributed by atoms with Gasteiger partial charge in [-0.25, -0.2) is 0 Å². The van der Waals surface area contributed by atoms with Gasteiger partial charge in [-0.15, -0.1) is 0 Å². The molecular formula is C10H19N3O. The summed E-state index contributed by atoms with van der Waals surface area (Å²) in [4.78, 5) is 11.5. The second kappa shape index (κ2) is 6.39. The Balaban J connectivity index is 4.02. The molecule has 14 heavy (non-hydrogen) atoms. The van der Waals surface area contributed by atoms with Crippen LogP contribution in [-0.4, -0.2) is 18.0 Å². The molecule has 0 heterocycles. The number of nitrogens with two attached hydrogens (primary N) is 1. The maximum atomic E-state index is 11.5. The van der Waals surface area contributed by atoms with E-state index in [1.54, 1.807) is 6.92 Å². The summed E-state index contributed by atoms with van der Waals surface area (Å²) in [7, 11) is 0. The monoisotopic (exact) mass is 197 g/mol. The van der Waals surface area contributed by atoms with E-state index in [1.165, 1.54) is 0 Å². The van der Waals surface area contributed by atoms with Gasteiger partial charge in [0.15, 0.2) is 0 Å². The van der Waals surface area contributed by atoms with Crippen LogP contribution in [0.25, 0.3) is 0 Å². The summed E-state index contributed by atoms with van der Waals surface area (Å²) >= 11 is 0. The van der Waals surface area contributed by atoms with Gasteiger partial charge in [-0.05, 0) is 12.8 Å². The Morgan fingerprint density at radius 3 is 2.57 bits per heavy atom. The first kappa shape index (κ1) is 12.9. The first-order valence-electron chi connectivity index (χ1n) is 4.95. The van der Waals surface area contributed by atoms with Gasteiger partial charge in [0.1, 0.15) is 0 Å². The van der Waals surface area contributed by atoms with Crippen molar-refractivity contribution in [2.45, 2.75) is 45.7 Å². The van der Waals surface area contributed by atoms with E-state index < -0.39 is 6.04 Å². The van der Waals surface area contributed by atoms with Gasteiger partial charge in [-0.3, -0.25) is 4.79 Å². The number of carbonyl (C=O) groups is 1. The van der Waals surface area contributed by atoms with E-state index in [9.17, 15) is 4.79 Å². The zero-order chi connectivity index (χ0) is 11.1. The van der Waals surface area contributed by atoms with Crippen molar-refractivity contribution in [2.24, 2.45) is 11.7 Å². The molecule has 0 aliphatic rings. The lowest BCUT2D eigenvalue weighted by Crippen LogP contribution is -2.47. The van der Waals surface area contributed by atoms with Crippen molar-refractivity contribution >= 4 is 5.91 Å². The summed E-state index contributed by atoms with van der Waals surface area (Å²) < 4.78 is 0. The molecule has 0 saturated carbocycles. The largest absolute Gasteiger partial charge is 0.351 e. The third kappa shape index (κ3) is 4.24. The van der Waals surface area contributed by atoms with Crippen molar-refractivity contribution < 1.29 is 4.79 Å². The molecule has 2 unspecified atom stereocenters. The highest BCUT2D eigenvalue weighted by molar-refractivity contribution is 5.82. The smallest absolute Gasteiger partial charge is 0.237 e. The molecule has 3 N–H and O–H groups in total. The summed E-state index contributed by atoms with van der Waals surface area (Å²) in [6, 6.07) is 1.41. The van der Waals surface area contributed by atoms with Crippen molar-refractivity contribution in [3.05, 3.63) is 0 Å². The minimum absolute atomic E-state index is 0.123. The highest BCUT2D eigenvalue weighted by Crippen LogP contribution is 2.05. The summed E-state index contributed by atoms with van der Waals surface area (Å²) in [5.74, 6) is 0.00591. The van der Waals surface area contributed by atoms with Crippen molar-refractivity contribution in [3.8, 4) is 6.07 Å². The van der Waals surface area contributed by atoms with Crippen molar-refractivity contribution in [3.63, 3.8) is 0 Å². The van der Waals surface area contributed by atoms with Gasteiger partial charge in [0.2, 0.25) is 5.91 Å². The van der Waals surface area contributed by atoms with Gasteiger partial charge in [-0.2, -0.15) is 5.26 Å². The minimum atomic E-state index is -0.471. The number of nitrogens with zero attached hydrogens (tertiary/aromatic N) is 1. The molecule has 0 aliphatic heterocycles. The Labute approximate surface area is 85.5 Å². The third-order valence-electron chi connectivity index (χ3n) is 2.35. The predicted molar refractivity (Wildman–Crippen MR) is 55.3 cm³/mol. The molecule has 0 fully saturated rings. The molecule has 0 aromatic heterocycles. The predicted octanol–water partition coefficient (Wildman–Crippen LogP) is 0.778. The van der Waals surface area contributed by atoms with E-state index >= 15 is 0 Å². The van der Waals surface area contributed by atoms with Gasteiger partial charge in [-0.1, -0.05) is 20.3 Å². The maximum absolute atomic E-state index is 11.5. The molecule has 0 bridgehead atoms. The average molecular weight is 197 g/mol. The van der Waals surface area contributed by atoms with Gasteiger partial charge < -0.3 is 11.1 Å². The van der Waals surface area contributed by atoms with E-state index in [-0.39, 0.29) is 17.9 Å². The third-order valence-corrected chi connectivity index (χ3v) is 2.35. The topological polar surface area (TPSA) is 78.9 Å². The van der Waals surface area contributed by atoms with Crippen LogP contribution in [-0.2, 0) is 4.79 Å². The fourth-order valence-corrected chi connectivity index (χ4v) is 1.04. The average Bonchev–Trinajstić information content (AvgIpc) is 2.15. The second-order valence-corrected chi connectivity index (χ2v) is 3.68. The highest BCUT2D eigenvalue weighted by Gasteiger charge is 2.20. The lowest BCUT2D eigenvalue weighted by Gasteiger charge is -2.19. The number of amides is 1. The zero-order valence-electron chi connectivity index (χ0n) is 9.08. The van der Waals surface area contributed by atoms with Crippen LogP contribution in [0.4, 0.5) is 0 Å². The van der Waals surface area contributed by atoms with Crippen LogP contribution in [0.1, 0.15) is 33.6 Å². The molecule has 0 aromatic rings. The fraction of sp³-hybridized carbons (Fsp3) is 0.800. The van der Waals surface area contributed by atoms with Gasteiger partial charge in [0.05, 0.1) is 18.5 Å². The van der Waals surface area contributed by atoms with Crippen LogP contribution in [0, 0.1) is 17.2 Å². The number of hydrogen-bond donors (Lipinski definition) is 2. The van der Waals surface area contributed by atoms with Gasteiger partial charge in [0.25, 0.3) is 0 Å². The molecule has 0 aromatic carbocycles. The lowest BCUT2D eigenvalue weighted by molar-refractivity contribution is -0.123. The van der Waals surface area contributed by atoms with Crippen LogP contribution in [0.15, 0.2) is 0 Å². The molecule has 4 nitrogen and oxygen atoms in total. The standard InChI is InChI=1S/C10H19N3O/c1-4-7(2)9(12)10(14)13-8(3)5-6-11/h7-9H,4-5,12H2,1-3H3,(H,13,14)/t7?,8?,9-/m0/s1. The van der Waals surface area contributed by atoms with Crippen LogP contribution in [0.5, 0.6) is 0 Å². The molecule has 0 radical (unpaired) electrons. The molecule has 0 aliphatic carbocycles. The molecule has 0 saturated heterocycles. The number of hydrogen-bond acceptors (Lipinski definition) is 3. The molecule has 80 valence electrons. The molecule has 4 heteroatoms. The van der Waals surface area contributed by atoms with E-state index in [2.05, 4.69) is 5.32 Å². The van der Waals surface area contributed by atoms with Crippen LogP contribution >= 0.6 is 0 Å². The van der Waals surface area contributed by atoms with E-state index in [4.69, 9.17) is 11.0 Å². The maximum Gasteiger partial charge on any atom is 0.237 e. The number of nitrogens with one attached hydrogen (secondary N) is 1. The summed E-state index contributed by atoms with van der Waals surface area (Å²) in [6.45, 7) is 5.74. The van der Waals surface area contributed by atoms with Crippen LogP contribution in [0.2, 0.25) is 0 Å². The van der Waals surface area contributed by atoms with Crippen molar-refractivity contribution in [1.82, 2.24) is 5.32 Å². The van der Waals surface area contributed by atoms with Gasteiger partial charge in [0, 0.05) is 6.04 Å². The molecule has 0 rings (SSSR count). The molecule has 3 atom stereocenters. The first-order valence-corrected chi connectivity index (χ1v) is 4.95. The SMILES string of the molecule is CCC(C)[C@H](N)C(=O)NC(C)CC#N. The Morgan fingerprint density at radius 2 is 2.14 bits per heavy atom. The minimum Gasteiger partial charge on any atom is -0.351 e.